The Morgan fingerprint density at radius 1 is 1.53 bits per heavy atom. The summed E-state index contributed by atoms with van der Waals surface area (Å²) in [5.41, 5.74) is 0.186. The van der Waals surface area contributed by atoms with Gasteiger partial charge in [-0.3, -0.25) is 0 Å². The molecule has 0 aromatic heterocycles. The fraction of sp³-hybridized carbons (Fsp3) is 0.750. The molecule has 0 aliphatic heterocycles. The number of ether oxygens (including phenoxy) is 1. The summed E-state index contributed by atoms with van der Waals surface area (Å²) < 4.78 is 5.08. The molecule has 0 heterocycles. The number of hydrogen-bond acceptors (Lipinski definition) is 3. The normalized spacial score (nSPS) is 14.9. The summed E-state index contributed by atoms with van der Waals surface area (Å²) in [4.78, 5) is 11.4. The second-order valence-corrected chi connectivity index (χ2v) is 5.36. The van der Waals surface area contributed by atoms with Crippen LogP contribution in [0.3, 0.4) is 0 Å². The number of carbonyl (C=O) groups excluding carboxylic acids is 1. The molecular formula is C12H22ClNO3. The summed E-state index contributed by atoms with van der Waals surface area (Å²) in [5, 5.41) is 12.3. The minimum atomic E-state index is -0.714. The summed E-state index contributed by atoms with van der Waals surface area (Å²) in [7, 11) is 0. The molecule has 100 valence electrons. The van der Waals surface area contributed by atoms with Gasteiger partial charge in [0.15, 0.2) is 0 Å². The molecule has 0 saturated heterocycles. The summed E-state index contributed by atoms with van der Waals surface area (Å²) >= 11 is 5.57. The maximum absolute atomic E-state index is 11.4. The van der Waals surface area contributed by atoms with Crippen LogP contribution >= 0.6 is 11.6 Å². The molecule has 0 bridgehead atoms. The number of hydrogen-bond donors (Lipinski definition) is 2. The van der Waals surface area contributed by atoms with Crippen molar-refractivity contribution < 1.29 is 14.6 Å². The van der Waals surface area contributed by atoms with Gasteiger partial charge in [-0.2, -0.15) is 0 Å². The van der Waals surface area contributed by atoms with E-state index in [2.05, 4.69) is 11.9 Å². The number of amides is 1. The molecular weight excluding hydrogens is 242 g/mol. The van der Waals surface area contributed by atoms with Crippen molar-refractivity contribution in [2.75, 3.05) is 5.88 Å². The van der Waals surface area contributed by atoms with E-state index in [4.69, 9.17) is 16.3 Å². The van der Waals surface area contributed by atoms with Crippen molar-refractivity contribution in [3.05, 3.63) is 12.2 Å². The molecule has 4 nitrogen and oxygen atoms in total. The van der Waals surface area contributed by atoms with E-state index in [-0.39, 0.29) is 0 Å². The van der Waals surface area contributed by atoms with E-state index in [9.17, 15) is 9.90 Å². The van der Waals surface area contributed by atoms with Crippen molar-refractivity contribution in [3.63, 3.8) is 0 Å². The van der Waals surface area contributed by atoms with Crippen molar-refractivity contribution >= 4 is 17.7 Å². The minimum absolute atomic E-state index is 0.302. The lowest BCUT2D eigenvalue weighted by Crippen LogP contribution is -2.43. The van der Waals surface area contributed by atoms with Crippen molar-refractivity contribution in [3.8, 4) is 0 Å². The first-order valence-corrected chi connectivity index (χ1v) is 6.09. The standard InChI is InChI=1S/C12H22ClNO3/c1-8(7-13)6-10(15)9(2)14-11(16)17-12(3,4)5/h9-10,15H,1,6-7H2,2-5H3,(H,14,16)/t9-,10+/m0/s1. The number of nitrogens with one attached hydrogen (secondary N) is 1. The van der Waals surface area contributed by atoms with Crippen LogP contribution in [0.15, 0.2) is 12.2 Å². The predicted octanol–water partition coefficient (Wildman–Crippen LogP) is 2.45. The first-order valence-electron chi connectivity index (χ1n) is 5.56. The van der Waals surface area contributed by atoms with Gasteiger partial charge in [-0.15, -0.1) is 11.6 Å². The van der Waals surface area contributed by atoms with Crippen LogP contribution in [-0.4, -0.2) is 34.8 Å². The molecule has 0 rings (SSSR count). The van der Waals surface area contributed by atoms with Crippen LogP contribution in [0.4, 0.5) is 4.79 Å². The van der Waals surface area contributed by atoms with Gasteiger partial charge < -0.3 is 15.2 Å². The second-order valence-electron chi connectivity index (χ2n) is 5.09. The maximum Gasteiger partial charge on any atom is 0.407 e. The van der Waals surface area contributed by atoms with Gasteiger partial charge in [0.25, 0.3) is 0 Å². The quantitative estimate of drug-likeness (QED) is 0.592. The van der Waals surface area contributed by atoms with Crippen LogP contribution in [-0.2, 0) is 4.74 Å². The van der Waals surface area contributed by atoms with Crippen LogP contribution < -0.4 is 5.32 Å². The van der Waals surface area contributed by atoms with Gasteiger partial charge in [-0.1, -0.05) is 12.2 Å². The fourth-order valence-electron chi connectivity index (χ4n) is 1.12. The largest absolute Gasteiger partial charge is 0.444 e. The van der Waals surface area contributed by atoms with E-state index in [1.165, 1.54) is 0 Å². The molecule has 0 unspecified atom stereocenters. The third-order valence-corrected chi connectivity index (χ3v) is 2.39. The van der Waals surface area contributed by atoms with Crippen LogP contribution in [0.5, 0.6) is 0 Å². The zero-order valence-electron chi connectivity index (χ0n) is 10.9. The molecule has 0 aromatic rings. The monoisotopic (exact) mass is 263 g/mol. The minimum Gasteiger partial charge on any atom is -0.444 e. The van der Waals surface area contributed by atoms with Crippen LogP contribution in [0.2, 0.25) is 0 Å². The number of halogens is 1. The zero-order chi connectivity index (χ0) is 13.6. The topological polar surface area (TPSA) is 58.6 Å². The van der Waals surface area contributed by atoms with Crippen molar-refractivity contribution in [1.29, 1.82) is 0 Å². The number of aliphatic hydroxyl groups excluding tert-OH is 1. The number of rotatable bonds is 5. The number of alkyl halides is 1. The SMILES string of the molecule is C=C(CCl)C[C@@H](O)[C@H](C)NC(=O)OC(C)(C)C. The Morgan fingerprint density at radius 2 is 2.06 bits per heavy atom. The maximum atomic E-state index is 11.4. The van der Waals surface area contributed by atoms with Gasteiger partial charge >= 0.3 is 6.09 Å². The third kappa shape index (κ3) is 8.05. The van der Waals surface area contributed by atoms with E-state index < -0.39 is 23.8 Å². The molecule has 5 heteroatoms. The molecule has 1 amide bonds. The molecule has 0 aliphatic rings. The molecule has 17 heavy (non-hydrogen) atoms. The van der Waals surface area contributed by atoms with Gasteiger partial charge in [0.05, 0.1) is 12.1 Å². The van der Waals surface area contributed by atoms with E-state index in [0.29, 0.717) is 12.3 Å². The summed E-state index contributed by atoms with van der Waals surface area (Å²) in [5.74, 6) is 0.302. The van der Waals surface area contributed by atoms with Crippen molar-refractivity contribution in [2.24, 2.45) is 0 Å². The van der Waals surface area contributed by atoms with Crippen LogP contribution in [0, 0.1) is 0 Å². The molecule has 2 N–H and O–H groups in total. The highest BCUT2D eigenvalue weighted by Crippen LogP contribution is 2.10. The number of carbonyl (C=O) groups is 1. The lowest BCUT2D eigenvalue weighted by Gasteiger charge is -2.24. The predicted molar refractivity (Wildman–Crippen MR) is 69.3 cm³/mol. The Balaban J connectivity index is 4.12. The van der Waals surface area contributed by atoms with Gasteiger partial charge in [-0.25, -0.2) is 4.79 Å². The molecule has 0 aliphatic carbocycles. The Hall–Kier alpha value is -0.740. The molecule has 0 aromatic carbocycles. The first-order chi connectivity index (χ1) is 7.65. The summed E-state index contributed by atoms with van der Waals surface area (Å²) in [6.45, 7) is 10.7. The Bertz CT molecular complexity index is 273. The average molecular weight is 264 g/mol. The van der Waals surface area contributed by atoms with Crippen molar-refractivity contribution in [2.45, 2.75) is 51.9 Å². The number of aliphatic hydroxyl groups is 1. The van der Waals surface area contributed by atoms with Gasteiger partial charge in [0, 0.05) is 5.88 Å². The third-order valence-electron chi connectivity index (χ3n) is 2.01. The highest BCUT2D eigenvalue weighted by Gasteiger charge is 2.21. The van der Waals surface area contributed by atoms with Crippen LogP contribution in [0.1, 0.15) is 34.1 Å². The van der Waals surface area contributed by atoms with Gasteiger partial charge in [0.2, 0.25) is 0 Å². The van der Waals surface area contributed by atoms with Crippen LogP contribution in [0.25, 0.3) is 0 Å². The first kappa shape index (κ1) is 16.3. The van der Waals surface area contributed by atoms with E-state index >= 15 is 0 Å². The lowest BCUT2D eigenvalue weighted by molar-refractivity contribution is 0.0437. The highest BCUT2D eigenvalue weighted by molar-refractivity contribution is 6.19. The van der Waals surface area contributed by atoms with E-state index in [0.717, 1.165) is 5.57 Å². The zero-order valence-corrected chi connectivity index (χ0v) is 11.7. The molecule has 2 atom stereocenters. The lowest BCUT2D eigenvalue weighted by atomic mass is 10.1. The van der Waals surface area contributed by atoms with E-state index in [1.54, 1.807) is 27.7 Å². The van der Waals surface area contributed by atoms with Gasteiger partial charge in [-0.05, 0) is 34.1 Å². The molecule has 0 radical (unpaired) electrons. The summed E-state index contributed by atoms with van der Waals surface area (Å²) in [6, 6.07) is -0.412. The Labute approximate surface area is 108 Å². The van der Waals surface area contributed by atoms with Gasteiger partial charge in [0.1, 0.15) is 5.60 Å². The molecule has 0 fully saturated rings. The highest BCUT2D eigenvalue weighted by atomic mass is 35.5. The second kappa shape index (κ2) is 6.87. The molecule has 0 saturated carbocycles. The van der Waals surface area contributed by atoms with E-state index in [1.807, 2.05) is 0 Å². The Morgan fingerprint density at radius 3 is 2.47 bits per heavy atom. The molecule has 0 spiro atoms. The van der Waals surface area contributed by atoms with Crippen molar-refractivity contribution in [1.82, 2.24) is 5.32 Å². The average Bonchev–Trinajstić information content (AvgIpc) is 2.14. The smallest absolute Gasteiger partial charge is 0.407 e. The fourth-order valence-corrected chi connectivity index (χ4v) is 1.23. The number of alkyl carbamates (subject to hydrolysis) is 1. The summed E-state index contributed by atoms with van der Waals surface area (Å²) in [6.07, 6.45) is -0.894. The Kier molecular flexibility index (Phi) is 6.57.